The van der Waals surface area contributed by atoms with Crippen molar-refractivity contribution in [3.63, 3.8) is 0 Å². The predicted octanol–water partition coefficient (Wildman–Crippen LogP) is 4.55. The van der Waals surface area contributed by atoms with Crippen LogP contribution in [0, 0.1) is 0 Å². The number of furan rings is 1. The molecule has 0 aliphatic heterocycles. The summed E-state index contributed by atoms with van der Waals surface area (Å²) in [6, 6.07) is 10.6. The van der Waals surface area contributed by atoms with Crippen LogP contribution in [0.5, 0.6) is 11.5 Å². The van der Waals surface area contributed by atoms with Crippen molar-refractivity contribution >= 4 is 38.7 Å². The van der Waals surface area contributed by atoms with Crippen molar-refractivity contribution in [2.45, 2.75) is 13.3 Å². The number of methoxy groups -OCH3 is 1. The summed E-state index contributed by atoms with van der Waals surface area (Å²) in [5.41, 5.74) is 1.96. The van der Waals surface area contributed by atoms with E-state index in [0.717, 1.165) is 10.9 Å². The highest BCUT2D eigenvalue weighted by Crippen LogP contribution is 2.32. The summed E-state index contributed by atoms with van der Waals surface area (Å²) in [7, 11) is 1.51. The molecule has 0 bridgehead atoms. The molecule has 0 saturated carbocycles. The average molecular weight is 477 g/mol. The fourth-order valence-electron chi connectivity index (χ4n) is 2.88. The van der Waals surface area contributed by atoms with E-state index in [4.69, 9.17) is 23.4 Å². The Kier molecular flexibility index (Phi) is 7.48. The molecule has 7 nitrogen and oxygen atoms in total. The second-order valence-corrected chi connectivity index (χ2v) is 7.25. The maximum Gasteiger partial charge on any atom is 0.302 e. The van der Waals surface area contributed by atoms with Crippen LogP contribution in [0.4, 0.5) is 0 Å². The van der Waals surface area contributed by atoms with Gasteiger partial charge in [0.1, 0.15) is 5.58 Å². The summed E-state index contributed by atoms with van der Waals surface area (Å²) >= 11 is 3.42. The molecular formula is C22H21BrO7. The lowest BCUT2D eigenvalue weighted by atomic mass is 10.1. The van der Waals surface area contributed by atoms with E-state index in [2.05, 4.69) is 15.9 Å². The predicted molar refractivity (Wildman–Crippen MR) is 113 cm³/mol. The molecule has 1 aromatic heterocycles. The molecule has 0 aliphatic carbocycles. The van der Waals surface area contributed by atoms with Crippen molar-refractivity contribution in [1.82, 2.24) is 0 Å². The Morgan fingerprint density at radius 1 is 1.13 bits per heavy atom. The third-order valence-corrected chi connectivity index (χ3v) is 4.83. The van der Waals surface area contributed by atoms with Crippen molar-refractivity contribution in [3.05, 3.63) is 58.3 Å². The van der Waals surface area contributed by atoms with E-state index in [1.807, 2.05) is 6.07 Å². The van der Waals surface area contributed by atoms with E-state index in [1.165, 1.54) is 14.0 Å². The van der Waals surface area contributed by atoms with E-state index >= 15 is 0 Å². The lowest BCUT2D eigenvalue weighted by Crippen LogP contribution is -2.13. The van der Waals surface area contributed by atoms with Crippen LogP contribution < -0.4 is 9.47 Å². The molecule has 2 aromatic carbocycles. The molecule has 0 aliphatic rings. The molecule has 3 rings (SSSR count). The van der Waals surface area contributed by atoms with Gasteiger partial charge in [0.25, 0.3) is 0 Å². The van der Waals surface area contributed by atoms with Gasteiger partial charge in [-0.2, -0.15) is 0 Å². The van der Waals surface area contributed by atoms with Crippen LogP contribution in [-0.4, -0.2) is 38.9 Å². The Morgan fingerprint density at radius 2 is 1.97 bits per heavy atom. The summed E-state index contributed by atoms with van der Waals surface area (Å²) in [5.74, 6) is 0.310. The lowest BCUT2D eigenvalue weighted by Gasteiger charge is -2.16. The van der Waals surface area contributed by atoms with Crippen LogP contribution in [0.2, 0.25) is 0 Å². The minimum atomic E-state index is -0.354. The summed E-state index contributed by atoms with van der Waals surface area (Å²) in [5, 5.41) is 0.823. The van der Waals surface area contributed by atoms with E-state index in [1.54, 1.807) is 36.6 Å². The van der Waals surface area contributed by atoms with Crippen molar-refractivity contribution in [2.24, 2.45) is 0 Å². The fraction of sp³-hybridized carbons (Fsp3) is 0.273. The number of ketones is 1. The van der Waals surface area contributed by atoms with E-state index < -0.39 is 0 Å². The number of halogens is 1. The molecule has 0 spiro atoms. The van der Waals surface area contributed by atoms with Gasteiger partial charge in [-0.15, -0.1) is 0 Å². The smallest absolute Gasteiger partial charge is 0.302 e. The van der Waals surface area contributed by atoms with Crippen LogP contribution in [0.3, 0.4) is 0 Å². The van der Waals surface area contributed by atoms with Gasteiger partial charge >= 0.3 is 5.97 Å². The zero-order valence-electron chi connectivity index (χ0n) is 16.6. The SMILES string of the molecule is COCOc1c(CCOC(C)=O)cccc1OCC(=O)c1cc(Br)c2occc2c1. The number of hydrogen-bond donors (Lipinski definition) is 0. The molecule has 0 atom stereocenters. The lowest BCUT2D eigenvalue weighted by molar-refractivity contribution is -0.140. The van der Waals surface area contributed by atoms with E-state index in [9.17, 15) is 9.59 Å². The van der Waals surface area contributed by atoms with E-state index in [0.29, 0.717) is 33.5 Å². The van der Waals surface area contributed by atoms with Crippen LogP contribution in [0.25, 0.3) is 11.0 Å². The second kappa shape index (κ2) is 10.3. The molecule has 8 heteroatoms. The van der Waals surface area contributed by atoms with Gasteiger partial charge in [0.15, 0.2) is 30.7 Å². The minimum absolute atomic E-state index is 0.0129. The summed E-state index contributed by atoms with van der Waals surface area (Å²) in [4.78, 5) is 23.7. The van der Waals surface area contributed by atoms with Crippen LogP contribution in [-0.2, 0) is 20.7 Å². The quantitative estimate of drug-likeness (QED) is 0.241. The van der Waals surface area contributed by atoms with Crippen molar-refractivity contribution in [3.8, 4) is 11.5 Å². The monoisotopic (exact) mass is 476 g/mol. The molecule has 0 N–H and O–H groups in total. The van der Waals surface area contributed by atoms with Gasteiger partial charge in [-0.25, -0.2) is 0 Å². The number of esters is 1. The minimum Gasteiger partial charge on any atom is -0.482 e. The number of rotatable bonds is 10. The van der Waals surface area contributed by atoms with Gasteiger partial charge in [-0.05, 0) is 40.2 Å². The maximum atomic E-state index is 12.7. The Balaban J connectivity index is 1.75. The molecule has 0 amide bonds. The van der Waals surface area contributed by atoms with Crippen molar-refractivity contribution in [1.29, 1.82) is 0 Å². The molecule has 0 unspecified atom stereocenters. The van der Waals surface area contributed by atoms with Crippen LogP contribution in [0.1, 0.15) is 22.8 Å². The van der Waals surface area contributed by atoms with Crippen molar-refractivity contribution < 1.29 is 33.0 Å². The molecule has 3 aromatic rings. The van der Waals surface area contributed by atoms with Gasteiger partial charge in [-0.3, -0.25) is 9.59 Å². The first-order valence-electron chi connectivity index (χ1n) is 9.19. The number of Topliss-reactive ketones (excluding diaryl/α,β-unsaturated/α-hetero) is 1. The molecule has 1 heterocycles. The number of carbonyl (C=O) groups is 2. The number of benzene rings is 2. The Bertz CT molecular complexity index is 1040. The number of ether oxygens (including phenoxy) is 4. The normalized spacial score (nSPS) is 10.8. The highest BCUT2D eigenvalue weighted by atomic mass is 79.9. The highest BCUT2D eigenvalue weighted by Gasteiger charge is 2.16. The first-order valence-corrected chi connectivity index (χ1v) is 9.98. The first-order chi connectivity index (χ1) is 14.5. The average Bonchev–Trinajstić information content (AvgIpc) is 3.20. The molecule has 0 saturated heterocycles. The molecule has 0 radical (unpaired) electrons. The number of hydrogen-bond acceptors (Lipinski definition) is 7. The van der Waals surface area contributed by atoms with Gasteiger partial charge in [0.05, 0.1) is 17.3 Å². The van der Waals surface area contributed by atoms with Crippen LogP contribution in [0.15, 0.2) is 51.6 Å². The molecule has 158 valence electrons. The third kappa shape index (κ3) is 5.40. The molecular weight excluding hydrogens is 456 g/mol. The van der Waals surface area contributed by atoms with Gasteiger partial charge < -0.3 is 23.4 Å². The topological polar surface area (TPSA) is 84.2 Å². The summed E-state index contributed by atoms with van der Waals surface area (Å²) < 4.78 is 27.5. The Hall–Kier alpha value is -2.84. The molecule has 0 fully saturated rings. The zero-order chi connectivity index (χ0) is 21.5. The molecule has 30 heavy (non-hydrogen) atoms. The van der Waals surface area contributed by atoms with E-state index in [-0.39, 0.29) is 31.8 Å². The van der Waals surface area contributed by atoms with Gasteiger partial charge in [0.2, 0.25) is 0 Å². The van der Waals surface area contributed by atoms with Gasteiger partial charge in [-0.1, -0.05) is 12.1 Å². The largest absolute Gasteiger partial charge is 0.482 e. The number of fused-ring (bicyclic) bond motifs is 1. The summed E-state index contributed by atoms with van der Waals surface area (Å²) in [6.45, 7) is 1.40. The third-order valence-electron chi connectivity index (χ3n) is 4.24. The maximum absolute atomic E-state index is 12.7. The van der Waals surface area contributed by atoms with Gasteiger partial charge in [0, 0.05) is 37.0 Å². The number of para-hydroxylation sites is 1. The van der Waals surface area contributed by atoms with Crippen LogP contribution >= 0.6 is 15.9 Å². The second-order valence-electron chi connectivity index (χ2n) is 6.39. The fourth-order valence-corrected chi connectivity index (χ4v) is 3.45. The standard InChI is InChI=1S/C22H21BrO7/c1-14(24)27-8-6-15-4-3-5-20(22(15)30-13-26-2)29-12-19(25)17-10-16-7-9-28-21(16)18(23)11-17/h3-5,7,9-11H,6,8,12-13H2,1-2H3. The first kappa shape index (κ1) is 21.9. The number of carbonyl (C=O) groups excluding carboxylic acids is 2. The highest BCUT2D eigenvalue weighted by molar-refractivity contribution is 9.10. The zero-order valence-corrected chi connectivity index (χ0v) is 18.2. The Morgan fingerprint density at radius 3 is 2.73 bits per heavy atom. The van der Waals surface area contributed by atoms with Crippen molar-refractivity contribution in [2.75, 3.05) is 27.1 Å². The summed E-state index contributed by atoms with van der Waals surface area (Å²) in [6.07, 6.45) is 2.01. The Labute approximate surface area is 182 Å².